The molecule has 0 saturated heterocycles. The van der Waals surface area contributed by atoms with Crippen LogP contribution in [0.25, 0.3) is 11.1 Å². The number of halogens is 1. The zero-order valence-corrected chi connectivity index (χ0v) is 12.4. The van der Waals surface area contributed by atoms with Gasteiger partial charge in [-0.2, -0.15) is 5.10 Å². The molecule has 1 amide bonds. The molecular weight excluding hydrogens is 324 g/mol. The number of fused-ring (bicyclic) bond motifs is 1. The van der Waals surface area contributed by atoms with E-state index < -0.39 is 6.09 Å². The SMILES string of the molecule is CC1Cn2nc(Br)c(-c3ccncc3)c2CN1C(=O)O. The Hall–Kier alpha value is -1.89. The molecule has 0 spiro atoms. The highest BCUT2D eigenvalue weighted by Crippen LogP contribution is 2.34. The minimum atomic E-state index is -0.901. The maximum Gasteiger partial charge on any atom is 0.407 e. The van der Waals surface area contributed by atoms with Crippen LogP contribution in [0.1, 0.15) is 12.6 Å². The van der Waals surface area contributed by atoms with Crippen LogP contribution in [-0.4, -0.2) is 36.9 Å². The van der Waals surface area contributed by atoms with Crippen molar-refractivity contribution in [3.63, 3.8) is 0 Å². The predicted molar refractivity (Wildman–Crippen MR) is 76.2 cm³/mol. The van der Waals surface area contributed by atoms with Crippen molar-refractivity contribution in [2.45, 2.75) is 26.1 Å². The van der Waals surface area contributed by atoms with Gasteiger partial charge < -0.3 is 5.11 Å². The molecule has 1 aliphatic heterocycles. The Balaban J connectivity index is 2.10. The second-order valence-electron chi connectivity index (χ2n) is 4.79. The van der Waals surface area contributed by atoms with Gasteiger partial charge in [0.25, 0.3) is 0 Å². The highest BCUT2D eigenvalue weighted by molar-refractivity contribution is 9.10. The van der Waals surface area contributed by atoms with Gasteiger partial charge in [-0.1, -0.05) is 0 Å². The summed E-state index contributed by atoms with van der Waals surface area (Å²) >= 11 is 3.47. The lowest BCUT2D eigenvalue weighted by Gasteiger charge is -2.32. The van der Waals surface area contributed by atoms with E-state index in [-0.39, 0.29) is 6.04 Å². The van der Waals surface area contributed by atoms with Crippen molar-refractivity contribution in [3.05, 3.63) is 34.8 Å². The highest BCUT2D eigenvalue weighted by atomic mass is 79.9. The van der Waals surface area contributed by atoms with Crippen LogP contribution in [0.3, 0.4) is 0 Å². The van der Waals surface area contributed by atoms with E-state index in [1.165, 1.54) is 4.90 Å². The van der Waals surface area contributed by atoms with Gasteiger partial charge in [-0.3, -0.25) is 14.6 Å². The maximum absolute atomic E-state index is 11.3. The Morgan fingerprint density at radius 1 is 1.45 bits per heavy atom. The van der Waals surface area contributed by atoms with Gasteiger partial charge in [0.2, 0.25) is 0 Å². The van der Waals surface area contributed by atoms with E-state index in [2.05, 4.69) is 26.0 Å². The van der Waals surface area contributed by atoms with Gasteiger partial charge in [-0.15, -0.1) is 0 Å². The number of carboxylic acid groups (broad SMARTS) is 1. The summed E-state index contributed by atoms with van der Waals surface area (Å²) in [5.74, 6) is 0. The van der Waals surface area contributed by atoms with E-state index in [9.17, 15) is 9.90 Å². The first-order chi connectivity index (χ1) is 9.58. The average Bonchev–Trinajstić information content (AvgIpc) is 2.73. The zero-order valence-electron chi connectivity index (χ0n) is 10.8. The van der Waals surface area contributed by atoms with Crippen molar-refractivity contribution in [1.29, 1.82) is 0 Å². The fourth-order valence-corrected chi connectivity index (χ4v) is 3.15. The smallest absolute Gasteiger partial charge is 0.407 e. The minimum absolute atomic E-state index is 0.0860. The molecule has 1 atom stereocenters. The summed E-state index contributed by atoms with van der Waals surface area (Å²) in [4.78, 5) is 16.7. The first-order valence-corrected chi connectivity index (χ1v) is 7.02. The van der Waals surface area contributed by atoms with Crippen LogP contribution >= 0.6 is 15.9 Å². The second-order valence-corrected chi connectivity index (χ2v) is 5.54. The Labute approximate surface area is 124 Å². The summed E-state index contributed by atoms with van der Waals surface area (Å²) in [6.07, 6.45) is 2.53. The number of hydrogen-bond acceptors (Lipinski definition) is 3. The average molecular weight is 337 g/mol. The van der Waals surface area contributed by atoms with Crippen LogP contribution in [-0.2, 0) is 13.1 Å². The molecule has 0 saturated carbocycles. The van der Waals surface area contributed by atoms with Crippen LogP contribution in [0.4, 0.5) is 4.79 Å². The summed E-state index contributed by atoms with van der Waals surface area (Å²) in [5.41, 5.74) is 2.82. The fraction of sp³-hybridized carbons (Fsp3) is 0.308. The van der Waals surface area contributed by atoms with Gasteiger partial charge in [0.15, 0.2) is 0 Å². The summed E-state index contributed by atoms with van der Waals surface area (Å²) in [5, 5.41) is 13.7. The van der Waals surface area contributed by atoms with Crippen LogP contribution in [0.5, 0.6) is 0 Å². The molecule has 20 heavy (non-hydrogen) atoms. The van der Waals surface area contributed by atoms with E-state index in [0.29, 0.717) is 13.1 Å². The maximum atomic E-state index is 11.3. The quantitative estimate of drug-likeness (QED) is 0.868. The highest BCUT2D eigenvalue weighted by Gasteiger charge is 2.30. The molecule has 2 aromatic rings. The van der Waals surface area contributed by atoms with Crippen molar-refractivity contribution in [1.82, 2.24) is 19.7 Å². The van der Waals surface area contributed by atoms with Crippen molar-refractivity contribution in [3.8, 4) is 11.1 Å². The first-order valence-electron chi connectivity index (χ1n) is 6.23. The standard InChI is InChI=1S/C13H13BrN4O2/c1-8-6-18-10(7-17(8)13(19)20)11(12(14)16-18)9-2-4-15-5-3-9/h2-5,8H,6-7H2,1H3,(H,19,20). The van der Waals surface area contributed by atoms with Crippen LogP contribution < -0.4 is 0 Å². The fourth-order valence-electron chi connectivity index (χ4n) is 2.50. The Morgan fingerprint density at radius 3 is 2.80 bits per heavy atom. The van der Waals surface area contributed by atoms with Gasteiger partial charge in [-0.25, -0.2) is 4.79 Å². The lowest BCUT2D eigenvalue weighted by Crippen LogP contribution is -2.44. The number of aromatic nitrogens is 3. The molecule has 6 nitrogen and oxygen atoms in total. The number of rotatable bonds is 1. The molecule has 7 heteroatoms. The molecule has 0 radical (unpaired) electrons. The van der Waals surface area contributed by atoms with Crippen LogP contribution in [0, 0.1) is 0 Å². The van der Waals surface area contributed by atoms with Gasteiger partial charge in [0.1, 0.15) is 4.60 Å². The predicted octanol–water partition coefficient (Wildman–Crippen LogP) is 2.59. The molecule has 3 rings (SSSR count). The molecule has 104 valence electrons. The summed E-state index contributed by atoms with van der Waals surface area (Å²) in [7, 11) is 0. The molecule has 0 fully saturated rings. The number of carbonyl (C=O) groups is 1. The third kappa shape index (κ3) is 2.07. The van der Waals surface area contributed by atoms with Crippen LogP contribution in [0.2, 0.25) is 0 Å². The summed E-state index contributed by atoms with van der Waals surface area (Å²) in [6.45, 7) is 2.79. The molecule has 1 unspecified atom stereocenters. The number of amides is 1. The lowest BCUT2D eigenvalue weighted by molar-refractivity contribution is 0.105. The van der Waals surface area contributed by atoms with Gasteiger partial charge in [-0.05, 0) is 40.5 Å². The van der Waals surface area contributed by atoms with Crippen LogP contribution in [0.15, 0.2) is 29.1 Å². The normalized spacial score (nSPS) is 17.9. The molecule has 2 aromatic heterocycles. The van der Waals surface area contributed by atoms with E-state index in [1.807, 2.05) is 23.7 Å². The first kappa shape index (κ1) is 13.1. The summed E-state index contributed by atoms with van der Waals surface area (Å²) in [6, 6.07) is 3.70. The molecule has 1 aliphatic rings. The monoisotopic (exact) mass is 336 g/mol. The zero-order chi connectivity index (χ0) is 14.3. The minimum Gasteiger partial charge on any atom is -0.465 e. The largest absolute Gasteiger partial charge is 0.465 e. The van der Waals surface area contributed by atoms with E-state index in [1.54, 1.807) is 12.4 Å². The topological polar surface area (TPSA) is 71.2 Å². The number of hydrogen-bond donors (Lipinski definition) is 1. The summed E-state index contributed by atoms with van der Waals surface area (Å²) < 4.78 is 2.61. The van der Waals surface area contributed by atoms with E-state index >= 15 is 0 Å². The van der Waals surface area contributed by atoms with E-state index in [4.69, 9.17) is 0 Å². The molecule has 1 N–H and O–H groups in total. The molecule has 0 aromatic carbocycles. The third-order valence-corrected chi connectivity index (χ3v) is 4.07. The van der Waals surface area contributed by atoms with Crippen molar-refractivity contribution in [2.75, 3.05) is 0 Å². The Bertz CT molecular complexity index is 656. The van der Waals surface area contributed by atoms with Crippen molar-refractivity contribution >= 4 is 22.0 Å². The van der Waals surface area contributed by atoms with Gasteiger partial charge in [0.05, 0.1) is 24.8 Å². The second kappa shape index (κ2) is 4.90. The molecule has 3 heterocycles. The van der Waals surface area contributed by atoms with E-state index in [0.717, 1.165) is 21.4 Å². The molecular formula is C13H13BrN4O2. The molecule has 0 bridgehead atoms. The Kier molecular flexibility index (Phi) is 3.21. The van der Waals surface area contributed by atoms with Gasteiger partial charge >= 0.3 is 6.09 Å². The molecule has 0 aliphatic carbocycles. The van der Waals surface area contributed by atoms with Gasteiger partial charge in [0, 0.05) is 18.0 Å². The van der Waals surface area contributed by atoms with Crippen molar-refractivity contribution in [2.24, 2.45) is 0 Å². The van der Waals surface area contributed by atoms with Crippen molar-refractivity contribution < 1.29 is 9.90 Å². The number of nitrogens with zero attached hydrogens (tertiary/aromatic N) is 4. The Morgan fingerprint density at radius 2 is 2.15 bits per heavy atom. The lowest BCUT2D eigenvalue weighted by atomic mass is 10.1. The third-order valence-electron chi connectivity index (χ3n) is 3.52. The number of pyridine rings is 1.